The number of benzene rings is 3. The summed E-state index contributed by atoms with van der Waals surface area (Å²) in [7, 11) is -2.17. The predicted molar refractivity (Wildman–Crippen MR) is 130 cm³/mol. The van der Waals surface area contributed by atoms with E-state index in [2.05, 4.69) is 9.62 Å². The Hall–Kier alpha value is -3.06. The van der Waals surface area contributed by atoms with Crippen molar-refractivity contribution in [2.24, 2.45) is 0 Å². The average molecular weight is 452 g/mol. The Morgan fingerprint density at radius 3 is 2.38 bits per heavy atom. The molecule has 0 unspecified atom stereocenters. The van der Waals surface area contributed by atoms with Gasteiger partial charge in [0, 0.05) is 38.1 Å². The SMILES string of the molecule is CN(Cc1cccc2ccccc12)C(=O)CS(=O)(=O)Nc1ccc(N2CCCCC2)cc1. The van der Waals surface area contributed by atoms with Crippen LogP contribution in [-0.4, -0.2) is 45.1 Å². The lowest BCUT2D eigenvalue weighted by Crippen LogP contribution is -2.34. The number of nitrogens with one attached hydrogen (secondary N) is 1. The lowest BCUT2D eigenvalue weighted by Gasteiger charge is -2.28. The van der Waals surface area contributed by atoms with E-state index in [1.54, 1.807) is 19.2 Å². The number of nitrogens with zero attached hydrogens (tertiary/aromatic N) is 2. The highest BCUT2D eigenvalue weighted by Crippen LogP contribution is 2.23. The maximum absolute atomic E-state index is 12.7. The van der Waals surface area contributed by atoms with E-state index in [1.807, 2.05) is 54.6 Å². The Bertz CT molecular complexity index is 1180. The fourth-order valence-electron chi connectivity index (χ4n) is 4.15. The van der Waals surface area contributed by atoms with Gasteiger partial charge < -0.3 is 9.80 Å². The first-order chi connectivity index (χ1) is 15.4. The molecule has 6 nitrogen and oxygen atoms in total. The average Bonchev–Trinajstić information content (AvgIpc) is 2.80. The Kier molecular flexibility index (Phi) is 6.65. The Morgan fingerprint density at radius 1 is 0.938 bits per heavy atom. The number of sulfonamides is 1. The zero-order valence-electron chi connectivity index (χ0n) is 18.3. The number of carbonyl (C=O) groups is 1. The minimum absolute atomic E-state index is 0.347. The second-order valence-corrected chi connectivity index (χ2v) is 10.1. The third kappa shape index (κ3) is 5.40. The summed E-state index contributed by atoms with van der Waals surface area (Å²) in [6, 6.07) is 21.3. The number of hydrogen-bond donors (Lipinski definition) is 1. The number of hydrogen-bond acceptors (Lipinski definition) is 4. The van der Waals surface area contributed by atoms with Crippen LogP contribution in [0.3, 0.4) is 0 Å². The summed E-state index contributed by atoms with van der Waals surface area (Å²) in [5.74, 6) is -1.04. The summed E-state index contributed by atoms with van der Waals surface area (Å²) < 4.78 is 27.7. The monoisotopic (exact) mass is 451 g/mol. The topological polar surface area (TPSA) is 69.7 Å². The van der Waals surface area contributed by atoms with Crippen LogP contribution in [0.25, 0.3) is 10.8 Å². The van der Waals surface area contributed by atoms with E-state index in [4.69, 9.17) is 0 Å². The number of anilines is 2. The standard InChI is InChI=1S/C25H29N3O3S/c1-27(18-21-10-7-9-20-8-3-4-11-24(20)21)25(29)19-32(30,31)26-22-12-14-23(15-13-22)28-16-5-2-6-17-28/h3-4,7-15,26H,2,5-6,16-19H2,1H3. The van der Waals surface area contributed by atoms with Crippen molar-refractivity contribution in [2.75, 3.05) is 35.5 Å². The van der Waals surface area contributed by atoms with Crippen LogP contribution >= 0.6 is 0 Å². The molecular formula is C25H29N3O3S. The molecular weight excluding hydrogens is 422 g/mol. The maximum atomic E-state index is 12.7. The van der Waals surface area contributed by atoms with Crippen molar-refractivity contribution in [3.63, 3.8) is 0 Å². The molecule has 1 heterocycles. The Balaban J connectivity index is 1.37. The van der Waals surface area contributed by atoms with Crippen molar-refractivity contribution in [3.05, 3.63) is 72.3 Å². The highest BCUT2D eigenvalue weighted by Gasteiger charge is 2.20. The molecule has 1 N–H and O–H groups in total. The van der Waals surface area contributed by atoms with E-state index in [9.17, 15) is 13.2 Å². The molecule has 0 aliphatic carbocycles. The van der Waals surface area contributed by atoms with E-state index in [0.717, 1.165) is 35.1 Å². The molecule has 3 aromatic carbocycles. The van der Waals surface area contributed by atoms with Crippen LogP contribution in [0.15, 0.2) is 66.7 Å². The molecule has 0 atom stereocenters. The summed E-state index contributed by atoms with van der Waals surface area (Å²) >= 11 is 0. The van der Waals surface area contributed by atoms with Gasteiger partial charge in [0.05, 0.1) is 0 Å². The van der Waals surface area contributed by atoms with Crippen molar-refractivity contribution in [1.82, 2.24) is 4.90 Å². The first-order valence-corrected chi connectivity index (χ1v) is 12.6. The summed E-state index contributed by atoms with van der Waals surface area (Å²) in [5.41, 5.74) is 2.55. The van der Waals surface area contributed by atoms with Gasteiger partial charge in [-0.1, -0.05) is 42.5 Å². The fraction of sp³-hybridized carbons (Fsp3) is 0.320. The van der Waals surface area contributed by atoms with Gasteiger partial charge in [0.25, 0.3) is 0 Å². The second-order valence-electron chi connectivity index (χ2n) is 8.34. The van der Waals surface area contributed by atoms with Gasteiger partial charge in [0.1, 0.15) is 5.75 Å². The van der Waals surface area contributed by atoms with Gasteiger partial charge in [-0.25, -0.2) is 8.42 Å². The molecule has 1 fully saturated rings. The van der Waals surface area contributed by atoms with E-state index in [0.29, 0.717) is 12.2 Å². The van der Waals surface area contributed by atoms with Gasteiger partial charge in [-0.15, -0.1) is 0 Å². The number of fused-ring (bicyclic) bond motifs is 1. The van der Waals surface area contributed by atoms with E-state index in [1.165, 1.54) is 24.2 Å². The van der Waals surface area contributed by atoms with Crippen molar-refractivity contribution in [1.29, 1.82) is 0 Å². The predicted octanol–water partition coefficient (Wildman–Crippen LogP) is 4.23. The third-order valence-electron chi connectivity index (χ3n) is 5.89. The summed E-state index contributed by atoms with van der Waals surface area (Å²) in [6.07, 6.45) is 3.63. The number of carbonyl (C=O) groups excluding carboxylic acids is 1. The zero-order chi connectivity index (χ0) is 22.6. The van der Waals surface area contributed by atoms with Gasteiger partial charge in [-0.3, -0.25) is 9.52 Å². The van der Waals surface area contributed by atoms with Gasteiger partial charge in [0.2, 0.25) is 15.9 Å². The fourth-order valence-corrected chi connectivity index (χ4v) is 5.27. The molecule has 0 saturated carbocycles. The Labute approximate surface area is 189 Å². The smallest absolute Gasteiger partial charge is 0.241 e. The molecule has 0 radical (unpaired) electrons. The molecule has 7 heteroatoms. The van der Waals surface area contributed by atoms with Crippen molar-refractivity contribution >= 4 is 38.1 Å². The highest BCUT2D eigenvalue weighted by molar-refractivity contribution is 7.93. The molecule has 0 spiro atoms. The van der Waals surface area contributed by atoms with E-state index >= 15 is 0 Å². The lowest BCUT2D eigenvalue weighted by atomic mass is 10.0. The molecule has 4 rings (SSSR count). The van der Waals surface area contributed by atoms with Crippen molar-refractivity contribution in [3.8, 4) is 0 Å². The minimum Gasteiger partial charge on any atom is -0.372 e. The molecule has 1 amide bonds. The molecule has 0 aromatic heterocycles. The summed E-state index contributed by atoms with van der Waals surface area (Å²) in [5, 5.41) is 2.15. The summed E-state index contributed by atoms with van der Waals surface area (Å²) in [4.78, 5) is 16.4. The van der Waals surface area contributed by atoms with Crippen LogP contribution in [0.1, 0.15) is 24.8 Å². The van der Waals surface area contributed by atoms with Crippen LogP contribution in [0.4, 0.5) is 11.4 Å². The Morgan fingerprint density at radius 2 is 1.62 bits per heavy atom. The molecule has 1 saturated heterocycles. The number of amides is 1. The van der Waals surface area contributed by atoms with Gasteiger partial charge >= 0.3 is 0 Å². The van der Waals surface area contributed by atoms with E-state index in [-0.39, 0.29) is 0 Å². The molecule has 32 heavy (non-hydrogen) atoms. The van der Waals surface area contributed by atoms with E-state index < -0.39 is 21.7 Å². The molecule has 1 aliphatic rings. The first-order valence-electron chi connectivity index (χ1n) is 11.0. The minimum atomic E-state index is -3.81. The van der Waals surface area contributed by atoms with Crippen LogP contribution in [-0.2, 0) is 21.4 Å². The van der Waals surface area contributed by atoms with Gasteiger partial charge in [-0.05, 0) is 59.9 Å². The van der Waals surface area contributed by atoms with Crippen LogP contribution in [0.5, 0.6) is 0 Å². The second kappa shape index (κ2) is 9.61. The zero-order valence-corrected chi connectivity index (χ0v) is 19.1. The number of piperidine rings is 1. The van der Waals surface area contributed by atoms with Crippen molar-refractivity contribution in [2.45, 2.75) is 25.8 Å². The van der Waals surface area contributed by atoms with Crippen LogP contribution < -0.4 is 9.62 Å². The van der Waals surface area contributed by atoms with Gasteiger partial charge in [-0.2, -0.15) is 0 Å². The first kappa shape index (κ1) is 22.1. The lowest BCUT2D eigenvalue weighted by molar-refractivity contribution is -0.127. The number of rotatable bonds is 7. The van der Waals surface area contributed by atoms with Crippen LogP contribution in [0, 0.1) is 0 Å². The quantitative estimate of drug-likeness (QED) is 0.584. The highest BCUT2D eigenvalue weighted by atomic mass is 32.2. The van der Waals surface area contributed by atoms with Crippen molar-refractivity contribution < 1.29 is 13.2 Å². The third-order valence-corrected chi connectivity index (χ3v) is 7.06. The van der Waals surface area contributed by atoms with Gasteiger partial charge in [0.15, 0.2) is 0 Å². The maximum Gasteiger partial charge on any atom is 0.241 e. The molecule has 1 aliphatic heterocycles. The molecule has 0 bridgehead atoms. The molecule has 168 valence electrons. The largest absolute Gasteiger partial charge is 0.372 e. The summed E-state index contributed by atoms with van der Waals surface area (Å²) in [6.45, 7) is 2.41. The van der Waals surface area contributed by atoms with Crippen LogP contribution in [0.2, 0.25) is 0 Å². The normalized spacial score (nSPS) is 14.3. The molecule has 3 aromatic rings.